The number of primary amides is 1. The summed E-state index contributed by atoms with van der Waals surface area (Å²) in [6.45, 7) is 0. The van der Waals surface area contributed by atoms with E-state index in [9.17, 15) is 9.59 Å². The Kier molecular flexibility index (Phi) is 2.89. The molecular formula is C12H8N4O2. The Morgan fingerprint density at radius 2 is 2.00 bits per heavy atom. The van der Waals surface area contributed by atoms with Crippen molar-refractivity contribution in [2.45, 2.75) is 0 Å². The molecule has 0 fully saturated rings. The second-order valence-electron chi connectivity index (χ2n) is 3.55. The molecule has 88 valence electrons. The summed E-state index contributed by atoms with van der Waals surface area (Å²) >= 11 is 0. The van der Waals surface area contributed by atoms with Crippen molar-refractivity contribution in [1.29, 1.82) is 5.26 Å². The van der Waals surface area contributed by atoms with Gasteiger partial charge in [-0.05, 0) is 18.2 Å². The average molecular weight is 240 g/mol. The zero-order chi connectivity index (χ0) is 13.1. The molecule has 2 rings (SSSR count). The fourth-order valence-corrected chi connectivity index (χ4v) is 1.45. The van der Waals surface area contributed by atoms with Crippen molar-refractivity contribution in [2.24, 2.45) is 5.73 Å². The van der Waals surface area contributed by atoms with Gasteiger partial charge in [-0.1, -0.05) is 12.1 Å². The molecule has 0 aliphatic carbocycles. The third-order valence-electron chi connectivity index (χ3n) is 2.38. The van der Waals surface area contributed by atoms with Crippen molar-refractivity contribution in [3.05, 3.63) is 51.8 Å². The number of aromatic nitrogens is 2. The standard InChI is InChI=1S/C12H8N4O2/c13-6-7-1-3-8(4-2-7)10-5-9(11(14)17)12(18)16-15-10/h1-5H,(H2,14,17)(H,16,18). The molecule has 0 aliphatic heterocycles. The maximum absolute atomic E-state index is 11.3. The van der Waals surface area contributed by atoms with Crippen molar-refractivity contribution >= 4 is 5.91 Å². The molecule has 0 radical (unpaired) electrons. The van der Waals surface area contributed by atoms with Crippen molar-refractivity contribution in [3.63, 3.8) is 0 Å². The molecule has 6 nitrogen and oxygen atoms in total. The second-order valence-corrected chi connectivity index (χ2v) is 3.55. The van der Waals surface area contributed by atoms with Gasteiger partial charge in [-0.2, -0.15) is 10.4 Å². The topological polar surface area (TPSA) is 113 Å². The Morgan fingerprint density at radius 3 is 2.56 bits per heavy atom. The molecule has 2 aromatic rings. The first kappa shape index (κ1) is 11.5. The molecule has 0 atom stereocenters. The minimum absolute atomic E-state index is 0.149. The largest absolute Gasteiger partial charge is 0.365 e. The van der Waals surface area contributed by atoms with Gasteiger partial charge >= 0.3 is 0 Å². The first-order valence-electron chi connectivity index (χ1n) is 5.02. The van der Waals surface area contributed by atoms with Gasteiger partial charge in [0.25, 0.3) is 11.5 Å². The smallest absolute Gasteiger partial charge is 0.277 e. The van der Waals surface area contributed by atoms with Gasteiger partial charge in [0.1, 0.15) is 5.56 Å². The van der Waals surface area contributed by atoms with Gasteiger partial charge in [0.15, 0.2) is 0 Å². The van der Waals surface area contributed by atoms with Crippen molar-refractivity contribution in [2.75, 3.05) is 0 Å². The summed E-state index contributed by atoms with van der Waals surface area (Å²) in [5, 5.41) is 14.7. The lowest BCUT2D eigenvalue weighted by atomic mass is 10.1. The Labute approximate surface area is 102 Å². The lowest BCUT2D eigenvalue weighted by Crippen LogP contribution is -2.24. The highest BCUT2D eigenvalue weighted by Crippen LogP contribution is 2.16. The Hall–Kier alpha value is -2.94. The normalized spacial score (nSPS) is 9.72. The molecule has 18 heavy (non-hydrogen) atoms. The first-order chi connectivity index (χ1) is 8.61. The van der Waals surface area contributed by atoms with Crippen LogP contribution in [0.1, 0.15) is 15.9 Å². The monoisotopic (exact) mass is 240 g/mol. The first-order valence-corrected chi connectivity index (χ1v) is 5.02. The van der Waals surface area contributed by atoms with Gasteiger partial charge in [-0.25, -0.2) is 5.10 Å². The third-order valence-corrected chi connectivity index (χ3v) is 2.38. The molecule has 0 aliphatic rings. The SMILES string of the molecule is N#Cc1ccc(-c2cc(C(N)=O)c(=O)[nH]n2)cc1. The number of hydrogen-bond acceptors (Lipinski definition) is 4. The minimum Gasteiger partial charge on any atom is -0.365 e. The number of amides is 1. The van der Waals surface area contributed by atoms with E-state index in [0.717, 1.165) is 0 Å². The van der Waals surface area contributed by atoms with E-state index in [-0.39, 0.29) is 5.56 Å². The molecular weight excluding hydrogens is 232 g/mol. The summed E-state index contributed by atoms with van der Waals surface area (Å²) in [6, 6.07) is 9.89. The number of benzene rings is 1. The lowest BCUT2D eigenvalue weighted by Gasteiger charge is -2.01. The summed E-state index contributed by atoms with van der Waals surface area (Å²) < 4.78 is 0. The summed E-state index contributed by atoms with van der Waals surface area (Å²) in [5.41, 5.74) is 5.90. The number of aromatic amines is 1. The van der Waals surface area contributed by atoms with E-state index in [1.807, 2.05) is 6.07 Å². The number of rotatable bonds is 2. The van der Waals surface area contributed by atoms with Crippen molar-refractivity contribution in [1.82, 2.24) is 10.2 Å². The number of nitrogens with one attached hydrogen (secondary N) is 1. The van der Waals surface area contributed by atoms with E-state index < -0.39 is 11.5 Å². The van der Waals surface area contributed by atoms with Crippen molar-refractivity contribution < 1.29 is 4.79 Å². The fraction of sp³-hybridized carbons (Fsp3) is 0. The molecule has 0 saturated heterocycles. The van der Waals surface area contributed by atoms with Gasteiger partial charge < -0.3 is 5.73 Å². The van der Waals surface area contributed by atoms with Gasteiger partial charge in [-0.15, -0.1) is 0 Å². The molecule has 0 unspecified atom stereocenters. The molecule has 1 heterocycles. The fourth-order valence-electron chi connectivity index (χ4n) is 1.45. The predicted octanol–water partition coefficient (Wildman–Crippen LogP) is 0.407. The van der Waals surface area contributed by atoms with E-state index in [0.29, 0.717) is 16.8 Å². The number of nitrogens with zero attached hydrogens (tertiary/aromatic N) is 2. The molecule has 0 bridgehead atoms. The Morgan fingerprint density at radius 1 is 1.33 bits per heavy atom. The maximum Gasteiger partial charge on any atom is 0.277 e. The molecule has 6 heteroatoms. The van der Waals surface area contributed by atoms with Crippen LogP contribution in [0.25, 0.3) is 11.3 Å². The Balaban J connectivity index is 2.51. The number of carbonyl (C=O) groups excluding carboxylic acids is 1. The minimum atomic E-state index is -0.812. The number of hydrogen-bond donors (Lipinski definition) is 2. The van der Waals surface area contributed by atoms with Crippen LogP contribution in [0.4, 0.5) is 0 Å². The number of H-pyrrole nitrogens is 1. The van der Waals surface area contributed by atoms with Crippen LogP contribution in [0, 0.1) is 11.3 Å². The van der Waals surface area contributed by atoms with Gasteiger partial charge in [-0.3, -0.25) is 9.59 Å². The highest BCUT2D eigenvalue weighted by atomic mass is 16.2. The van der Waals surface area contributed by atoms with Crippen LogP contribution < -0.4 is 11.3 Å². The van der Waals surface area contributed by atoms with Gasteiger partial charge in [0, 0.05) is 5.56 Å². The lowest BCUT2D eigenvalue weighted by molar-refractivity contribution is 0.0998. The zero-order valence-corrected chi connectivity index (χ0v) is 9.18. The van der Waals surface area contributed by atoms with Crippen LogP contribution in [-0.2, 0) is 0 Å². The number of nitriles is 1. The molecule has 1 aromatic heterocycles. The summed E-state index contributed by atoms with van der Waals surface area (Å²) in [4.78, 5) is 22.3. The summed E-state index contributed by atoms with van der Waals surface area (Å²) in [6.07, 6.45) is 0. The summed E-state index contributed by atoms with van der Waals surface area (Å²) in [5.74, 6) is -0.812. The van der Waals surface area contributed by atoms with Crippen LogP contribution in [0.5, 0.6) is 0 Å². The van der Waals surface area contributed by atoms with Crippen LogP contribution >= 0.6 is 0 Å². The van der Waals surface area contributed by atoms with E-state index >= 15 is 0 Å². The van der Waals surface area contributed by atoms with Crippen LogP contribution in [0.15, 0.2) is 35.1 Å². The molecule has 0 spiro atoms. The van der Waals surface area contributed by atoms with Gasteiger partial charge in [0.2, 0.25) is 0 Å². The second kappa shape index (κ2) is 4.51. The number of carbonyl (C=O) groups is 1. The molecule has 3 N–H and O–H groups in total. The van der Waals surface area contributed by atoms with E-state index in [4.69, 9.17) is 11.0 Å². The van der Waals surface area contributed by atoms with E-state index in [1.165, 1.54) is 6.07 Å². The average Bonchev–Trinajstić information content (AvgIpc) is 2.39. The summed E-state index contributed by atoms with van der Waals surface area (Å²) in [7, 11) is 0. The Bertz CT molecular complexity index is 695. The molecule has 1 aromatic carbocycles. The maximum atomic E-state index is 11.3. The van der Waals surface area contributed by atoms with Crippen LogP contribution in [0.3, 0.4) is 0 Å². The third kappa shape index (κ3) is 2.10. The van der Waals surface area contributed by atoms with E-state index in [1.54, 1.807) is 24.3 Å². The highest BCUT2D eigenvalue weighted by Gasteiger charge is 2.09. The van der Waals surface area contributed by atoms with Gasteiger partial charge in [0.05, 0.1) is 17.3 Å². The van der Waals surface area contributed by atoms with Crippen LogP contribution in [-0.4, -0.2) is 16.1 Å². The zero-order valence-electron chi connectivity index (χ0n) is 9.18. The quantitative estimate of drug-likeness (QED) is 0.791. The number of nitrogens with two attached hydrogens (primary N) is 1. The highest BCUT2D eigenvalue weighted by molar-refractivity contribution is 5.93. The van der Waals surface area contributed by atoms with Crippen molar-refractivity contribution in [3.8, 4) is 17.3 Å². The molecule has 1 amide bonds. The molecule has 0 saturated carbocycles. The van der Waals surface area contributed by atoms with E-state index in [2.05, 4.69) is 10.2 Å². The van der Waals surface area contributed by atoms with Crippen LogP contribution in [0.2, 0.25) is 0 Å². The predicted molar refractivity (Wildman–Crippen MR) is 63.5 cm³/mol.